The zero-order valence-electron chi connectivity index (χ0n) is 17.2. The number of amides is 3. The van der Waals surface area contributed by atoms with Crippen molar-refractivity contribution in [3.05, 3.63) is 95.6 Å². The van der Waals surface area contributed by atoms with Crippen LogP contribution in [0.25, 0.3) is 0 Å². The molecule has 0 heterocycles. The fourth-order valence-corrected chi connectivity index (χ4v) is 3.29. The number of rotatable bonds is 7. The molecule has 160 valence electrons. The smallest absolute Gasteiger partial charge is 0.303 e. The van der Waals surface area contributed by atoms with Gasteiger partial charge in [0.05, 0.1) is 0 Å². The van der Waals surface area contributed by atoms with E-state index in [1.807, 2.05) is 30.3 Å². The van der Waals surface area contributed by atoms with Crippen LogP contribution < -0.4 is 21.7 Å². The topological polar surface area (TPSA) is 119 Å². The number of primary amides is 1. The van der Waals surface area contributed by atoms with Gasteiger partial charge in [-0.2, -0.15) is 0 Å². The van der Waals surface area contributed by atoms with Gasteiger partial charge in [-0.3, -0.25) is 19.3 Å². The number of nitrogen functional groups attached to an aromatic ring is 1. The van der Waals surface area contributed by atoms with Gasteiger partial charge in [-0.1, -0.05) is 48.5 Å². The van der Waals surface area contributed by atoms with Crippen LogP contribution in [0.2, 0.25) is 0 Å². The van der Waals surface area contributed by atoms with E-state index < -0.39 is 23.8 Å². The maximum absolute atomic E-state index is 13.4. The number of nitrogens with two attached hydrogens (primary N) is 2. The van der Waals surface area contributed by atoms with Gasteiger partial charge in [-0.05, 0) is 47.4 Å². The number of carbonyl (C=O) groups is 3. The maximum Gasteiger partial charge on any atom is 0.303 e. The Labute approximate surface area is 186 Å². The van der Waals surface area contributed by atoms with Crippen LogP contribution in [0.5, 0.6) is 0 Å². The van der Waals surface area contributed by atoms with Crippen LogP contribution in [0.3, 0.4) is 0 Å². The summed E-state index contributed by atoms with van der Waals surface area (Å²) in [4.78, 5) is 39.0. The SMILES string of the molecule is C#CC(=O)N(c1cccc(C(N)=O)c1)C(C(=O)NCc1ccccc1)c1cccc(N)c1. The summed E-state index contributed by atoms with van der Waals surface area (Å²) in [5.41, 5.74) is 13.5. The molecule has 3 amide bonds. The Morgan fingerprint density at radius 1 is 0.969 bits per heavy atom. The Bertz CT molecular complexity index is 1190. The summed E-state index contributed by atoms with van der Waals surface area (Å²) in [7, 11) is 0. The predicted molar refractivity (Wildman–Crippen MR) is 123 cm³/mol. The maximum atomic E-state index is 13.4. The lowest BCUT2D eigenvalue weighted by Gasteiger charge is -2.30. The highest BCUT2D eigenvalue weighted by Crippen LogP contribution is 2.29. The molecule has 1 unspecified atom stereocenters. The highest BCUT2D eigenvalue weighted by atomic mass is 16.2. The van der Waals surface area contributed by atoms with Crippen molar-refractivity contribution >= 4 is 29.1 Å². The van der Waals surface area contributed by atoms with Crippen molar-refractivity contribution in [1.29, 1.82) is 0 Å². The average Bonchev–Trinajstić information content (AvgIpc) is 2.81. The number of benzene rings is 3. The van der Waals surface area contributed by atoms with Gasteiger partial charge in [0.2, 0.25) is 11.8 Å². The van der Waals surface area contributed by atoms with E-state index >= 15 is 0 Å². The quantitative estimate of drug-likeness (QED) is 0.397. The second-order valence-electron chi connectivity index (χ2n) is 7.01. The molecule has 0 spiro atoms. The number of nitrogens with one attached hydrogen (secondary N) is 1. The van der Waals surface area contributed by atoms with Crippen LogP contribution in [0.4, 0.5) is 11.4 Å². The monoisotopic (exact) mass is 426 g/mol. The Kier molecular flexibility index (Phi) is 6.88. The molecule has 0 aliphatic carbocycles. The lowest BCUT2D eigenvalue weighted by Crippen LogP contribution is -2.43. The molecule has 5 N–H and O–H groups in total. The van der Waals surface area contributed by atoms with E-state index in [-0.39, 0.29) is 17.8 Å². The van der Waals surface area contributed by atoms with Gasteiger partial charge in [-0.15, -0.1) is 6.42 Å². The second kappa shape index (κ2) is 9.96. The summed E-state index contributed by atoms with van der Waals surface area (Å²) in [6.45, 7) is 0.248. The molecular weight excluding hydrogens is 404 g/mol. The van der Waals surface area contributed by atoms with Crippen LogP contribution in [-0.2, 0) is 16.1 Å². The molecule has 0 fully saturated rings. The van der Waals surface area contributed by atoms with Crippen LogP contribution in [-0.4, -0.2) is 17.7 Å². The van der Waals surface area contributed by atoms with E-state index in [9.17, 15) is 14.4 Å². The van der Waals surface area contributed by atoms with Gasteiger partial charge < -0.3 is 16.8 Å². The number of nitrogens with zero attached hydrogens (tertiary/aromatic N) is 1. The highest BCUT2D eigenvalue weighted by Gasteiger charge is 2.32. The van der Waals surface area contributed by atoms with E-state index in [0.717, 1.165) is 10.5 Å². The zero-order valence-corrected chi connectivity index (χ0v) is 17.2. The molecule has 3 rings (SSSR count). The minimum Gasteiger partial charge on any atom is -0.399 e. The van der Waals surface area contributed by atoms with E-state index in [2.05, 4.69) is 11.2 Å². The Morgan fingerprint density at radius 2 is 1.69 bits per heavy atom. The van der Waals surface area contributed by atoms with E-state index in [1.54, 1.807) is 36.4 Å². The first kappa shape index (κ1) is 22.1. The standard InChI is InChI=1S/C25H22N4O3/c1-2-22(30)29(21-13-7-11-19(15-21)24(27)31)23(18-10-6-12-20(26)14-18)25(32)28-16-17-8-4-3-5-9-17/h1,3-15,23H,16,26H2,(H2,27,31)(H,28,32). The predicted octanol–water partition coefficient (Wildman–Crippen LogP) is 2.39. The summed E-state index contributed by atoms with van der Waals surface area (Å²) >= 11 is 0. The van der Waals surface area contributed by atoms with Crippen LogP contribution >= 0.6 is 0 Å². The minimum atomic E-state index is -1.13. The molecule has 0 aromatic heterocycles. The van der Waals surface area contributed by atoms with Crippen molar-refractivity contribution in [2.45, 2.75) is 12.6 Å². The molecule has 0 saturated carbocycles. The van der Waals surface area contributed by atoms with E-state index in [1.165, 1.54) is 12.1 Å². The fraction of sp³-hybridized carbons (Fsp3) is 0.0800. The van der Waals surface area contributed by atoms with Crippen molar-refractivity contribution in [3.63, 3.8) is 0 Å². The first-order valence-corrected chi connectivity index (χ1v) is 9.77. The second-order valence-corrected chi connectivity index (χ2v) is 7.01. The highest BCUT2D eigenvalue weighted by molar-refractivity contribution is 6.10. The normalized spacial score (nSPS) is 11.1. The third-order valence-electron chi connectivity index (χ3n) is 4.79. The van der Waals surface area contributed by atoms with Crippen molar-refractivity contribution in [3.8, 4) is 12.3 Å². The van der Waals surface area contributed by atoms with Gasteiger partial charge in [0, 0.05) is 23.5 Å². The number of hydrogen-bond acceptors (Lipinski definition) is 4. The molecule has 3 aromatic carbocycles. The van der Waals surface area contributed by atoms with E-state index in [4.69, 9.17) is 17.9 Å². The number of carbonyl (C=O) groups excluding carboxylic acids is 3. The number of hydrogen-bond donors (Lipinski definition) is 3. The Hall–Kier alpha value is -4.57. The van der Waals surface area contributed by atoms with Gasteiger partial charge in [0.1, 0.15) is 6.04 Å². The van der Waals surface area contributed by atoms with Gasteiger partial charge in [-0.25, -0.2) is 0 Å². The third kappa shape index (κ3) is 5.12. The number of terminal acetylenes is 1. The Balaban J connectivity index is 2.07. The zero-order chi connectivity index (χ0) is 23.1. The Morgan fingerprint density at radius 3 is 2.34 bits per heavy atom. The molecule has 1 atom stereocenters. The lowest BCUT2D eigenvalue weighted by atomic mass is 10.0. The van der Waals surface area contributed by atoms with Crippen molar-refractivity contribution in [2.24, 2.45) is 5.73 Å². The minimum absolute atomic E-state index is 0.174. The van der Waals surface area contributed by atoms with Crippen LogP contribution in [0.15, 0.2) is 78.9 Å². The molecule has 0 bridgehead atoms. The van der Waals surface area contributed by atoms with Gasteiger partial charge in [0.25, 0.3) is 0 Å². The summed E-state index contributed by atoms with van der Waals surface area (Å²) in [6.07, 6.45) is 5.43. The molecule has 0 saturated heterocycles. The third-order valence-corrected chi connectivity index (χ3v) is 4.79. The molecule has 0 aliphatic heterocycles. The summed E-state index contributed by atoms with van der Waals surface area (Å²) < 4.78 is 0. The van der Waals surface area contributed by atoms with Gasteiger partial charge in [0.15, 0.2) is 0 Å². The molecule has 0 radical (unpaired) electrons. The van der Waals surface area contributed by atoms with E-state index in [0.29, 0.717) is 11.3 Å². The largest absolute Gasteiger partial charge is 0.399 e. The first-order chi connectivity index (χ1) is 15.4. The number of anilines is 2. The fourth-order valence-electron chi connectivity index (χ4n) is 3.29. The first-order valence-electron chi connectivity index (χ1n) is 9.77. The van der Waals surface area contributed by atoms with Gasteiger partial charge >= 0.3 is 5.91 Å². The molecule has 7 heteroatoms. The summed E-state index contributed by atoms with van der Waals surface area (Å²) in [6, 6.07) is 20.9. The van der Waals surface area contributed by atoms with Crippen LogP contribution in [0, 0.1) is 12.3 Å². The molecule has 7 nitrogen and oxygen atoms in total. The molecule has 3 aromatic rings. The average molecular weight is 426 g/mol. The molecular formula is C25H22N4O3. The summed E-state index contributed by atoms with van der Waals surface area (Å²) in [5.74, 6) is 0.172. The van der Waals surface area contributed by atoms with Crippen LogP contribution in [0.1, 0.15) is 27.5 Å². The molecule has 32 heavy (non-hydrogen) atoms. The van der Waals surface area contributed by atoms with Crippen molar-refractivity contribution < 1.29 is 14.4 Å². The van der Waals surface area contributed by atoms with Crippen molar-refractivity contribution in [2.75, 3.05) is 10.6 Å². The van der Waals surface area contributed by atoms with Crippen molar-refractivity contribution in [1.82, 2.24) is 5.32 Å². The lowest BCUT2D eigenvalue weighted by molar-refractivity contribution is -0.125. The molecule has 0 aliphatic rings. The summed E-state index contributed by atoms with van der Waals surface area (Å²) in [5, 5.41) is 2.85.